The lowest BCUT2D eigenvalue weighted by atomic mass is 10.0. The second kappa shape index (κ2) is 7.88. The third kappa shape index (κ3) is 3.96. The molecule has 0 N–H and O–H groups in total. The molecule has 118 valence electrons. The summed E-state index contributed by atoms with van der Waals surface area (Å²) < 4.78 is 16.7. The Kier molecular flexibility index (Phi) is 5.88. The molecule has 2 aromatic rings. The Morgan fingerprint density at radius 3 is 2.26 bits per heavy atom. The third-order valence-electron chi connectivity index (χ3n) is 3.29. The smallest absolute Gasteiger partial charge is 0.174 e. The van der Waals surface area contributed by atoms with Gasteiger partial charge in [-0.25, -0.2) is 0 Å². The van der Waals surface area contributed by atoms with Gasteiger partial charge in [0.15, 0.2) is 11.5 Å². The largest absolute Gasteiger partial charge is 0.497 e. The molecule has 0 spiro atoms. The van der Waals surface area contributed by atoms with Gasteiger partial charge in [0.1, 0.15) is 5.75 Å². The van der Waals surface area contributed by atoms with Crippen LogP contribution in [-0.2, 0) is 0 Å². The van der Waals surface area contributed by atoms with Crippen molar-refractivity contribution in [1.29, 1.82) is 5.26 Å². The Labute approximate surface area is 149 Å². The molecule has 0 fully saturated rings. The van der Waals surface area contributed by atoms with Gasteiger partial charge < -0.3 is 14.2 Å². The number of allylic oxidation sites excluding steroid dienone is 1. The summed E-state index contributed by atoms with van der Waals surface area (Å²) in [6, 6.07) is 13.4. The van der Waals surface area contributed by atoms with Crippen molar-refractivity contribution < 1.29 is 14.2 Å². The molecule has 0 aliphatic rings. The summed E-state index contributed by atoms with van der Waals surface area (Å²) in [7, 11) is 4.81. The fourth-order valence-electron chi connectivity index (χ4n) is 2.14. The number of ether oxygens (including phenoxy) is 3. The van der Waals surface area contributed by atoms with Crippen molar-refractivity contribution in [3.8, 4) is 23.3 Å². The topological polar surface area (TPSA) is 51.5 Å². The van der Waals surface area contributed by atoms with E-state index in [1.807, 2.05) is 42.5 Å². The van der Waals surface area contributed by atoms with Crippen LogP contribution in [0.5, 0.6) is 17.2 Å². The molecule has 0 aliphatic heterocycles. The van der Waals surface area contributed by atoms with E-state index < -0.39 is 0 Å². The van der Waals surface area contributed by atoms with Crippen molar-refractivity contribution in [2.24, 2.45) is 0 Å². The Bertz CT molecular complexity index is 761. The zero-order valence-corrected chi connectivity index (χ0v) is 15.2. The SMILES string of the molecule is COc1ccc(/C(C#N)=C/c2cc(I)c(OC)c(OC)c2)cc1. The zero-order chi connectivity index (χ0) is 16.8. The molecule has 0 aromatic heterocycles. The number of rotatable bonds is 5. The van der Waals surface area contributed by atoms with Crippen molar-refractivity contribution in [3.63, 3.8) is 0 Å². The zero-order valence-electron chi connectivity index (χ0n) is 13.1. The fourth-order valence-corrected chi connectivity index (χ4v) is 2.98. The monoisotopic (exact) mass is 421 g/mol. The molecule has 0 radical (unpaired) electrons. The number of nitriles is 1. The molecule has 0 saturated heterocycles. The lowest BCUT2D eigenvalue weighted by Crippen LogP contribution is -1.94. The van der Waals surface area contributed by atoms with Gasteiger partial charge in [-0.2, -0.15) is 5.26 Å². The maximum Gasteiger partial charge on any atom is 0.174 e. The van der Waals surface area contributed by atoms with Crippen LogP contribution in [0.1, 0.15) is 11.1 Å². The Morgan fingerprint density at radius 2 is 1.74 bits per heavy atom. The molecule has 0 aliphatic carbocycles. The first-order chi connectivity index (χ1) is 11.1. The van der Waals surface area contributed by atoms with Gasteiger partial charge in [-0.05, 0) is 76.2 Å². The van der Waals surface area contributed by atoms with Gasteiger partial charge in [-0.3, -0.25) is 0 Å². The van der Waals surface area contributed by atoms with E-state index in [-0.39, 0.29) is 0 Å². The van der Waals surface area contributed by atoms with Crippen LogP contribution in [0.25, 0.3) is 11.6 Å². The molecule has 5 heteroatoms. The number of hydrogen-bond acceptors (Lipinski definition) is 4. The lowest BCUT2D eigenvalue weighted by molar-refractivity contribution is 0.353. The molecular weight excluding hydrogens is 405 g/mol. The second-order valence-corrected chi connectivity index (χ2v) is 5.80. The summed E-state index contributed by atoms with van der Waals surface area (Å²) in [5, 5.41) is 9.46. The van der Waals surface area contributed by atoms with Gasteiger partial charge in [-0.1, -0.05) is 0 Å². The highest BCUT2D eigenvalue weighted by Gasteiger charge is 2.10. The van der Waals surface area contributed by atoms with Crippen molar-refractivity contribution in [2.45, 2.75) is 0 Å². The fraction of sp³-hybridized carbons (Fsp3) is 0.167. The molecule has 0 saturated carbocycles. The van der Waals surface area contributed by atoms with Crippen LogP contribution in [-0.4, -0.2) is 21.3 Å². The van der Waals surface area contributed by atoms with Crippen LogP contribution < -0.4 is 14.2 Å². The first-order valence-electron chi connectivity index (χ1n) is 6.80. The highest BCUT2D eigenvalue weighted by Crippen LogP contribution is 2.34. The highest BCUT2D eigenvalue weighted by atomic mass is 127. The first kappa shape index (κ1) is 17.2. The molecular formula is C18H16INO3. The van der Waals surface area contributed by atoms with Crippen molar-refractivity contribution in [2.75, 3.05) is 21.3 Å². The summed E-state index contributed by atoms with van der Waals surface area (Å²) in [5.41, 5.74) is 2.27. The summed E-state index contributed by atoms with van der Waals surface area (Å²) in [6.45, 7) is 0. The standard InChI is InChI=1S/C18H16INO3/c1-21-15-6-4-13(5-7-15)14(11-20)8-12-9-16(19)18(23-3)17(10-12)22-2/h4-10H,1-3H3/b14-8+. The first-order valence-corrected chi connectivity index (χ1v) is 7.88. The summed E-state index contributed by atoms with van der Waals surface area (Å²) in [4.78, 5) is 0. The van der Waals surface area contributed by atoms with Crippen LogP contribution in [0.3, 0.4) is 0 Å². The van der Waals surface area contributed by atoms with Gasteiger partial charge in [0, 0.05) is 0 Å². The number of benzene rings is 2. The van der Waals surface area contributed by atoms with Crippen molar-refractivity contribution >= 4 is 34.2 Å². The minimum atomic E-state index is 0.565. The molecule has 2 rings (SSSR count). The Morgan fingerprint density at radius 1 is 1.04 bits per heavy atom. The second-order valence-electron chi connectivity index (χ2n) is 4.64. The molecule has 23 heavy (non-hydrogen) atoms. The minimum absolute atomic E-state index is 0.565. The molecule has 0 unspecified atom stereocenters. The van der Waals surface area contributed by atoms with Crippen LogP contribution in [0.15, 0.2) is 36.4 Å². The van der Waals surface area contributed by atoms with E-state index in [1.165, 1.54) is 0 Å². The van der Waals surface area contributed by atoms with Gasteiger partial charge >= 0.3 is 0 Å². The molecule has 0 bridgehead atoms. The Hall–Kier alpha value is -2.20. The van der Waals surface area contributed by atoms with Gasteiger partial charge in [-0.15, -0.1) is 0 Å². The maximum atomic E-state index is 9.46. The lowest BCUT2D eigenvalue weighted by Gasteiger charge is -2.11. The summed E-state index contributed by atoms with van der Waals surface area (Å²) in [5.74, 6) is 2.08. The normalized spacial score (nSPS) is 10.8. The van der Waals surface area contributed by atoms with Crippen LogP contribution >= 0.6 is 22.6 Å². The maximum absolute atomic E-state index is 9.46. The molecule has 0 heterocycles. The third-order valence-corrected chi connectivity index (χ3v) is 4.09. The summed E-state index contributed by atoms with van der Waals surface area (Å²) in [6.07, 6.45) is 1.83. The number of nitrogens with zero attached hydrogens (tertiary/aromatic N) is 1. The van der Waals surface area contributed by atoms with E-state index in [1.54, 1.807) is 21.3 Å². The quantitative estimate of drug-likeness (QED) is 0.409. The van der Waals surface area contributed by atoms with Crippen molar-refractivity contribution in [3.05, 3.63) is 51.1 Å². The van der Waals surface area contributed by atoms with E-state index in [4.69, 9.17) is 14.2 Å². The van der Waals surface area contributed by atoms with E-state index in [9.17, 15) is 5.26 Å². The minimum Gasteiger partial charge on any atom is -0.497 e. The van der Waals surface area contributed by atoms with E-state index in [0.717, 1.165) is 20.4 Å². The van der Waals surface area contributed by atoms with Crippen molar-refractivity contribution in [1.82, 2.24) is 0 Å². The molecule has 2 aromatic carbocycles. The van der Waals surface area contributed by atoms with Crippen LogP contribution in [0.4, 0.5) is 0 Å². The van der Waals surface area contributed by atoms with Gasteiger partial charge in [0.2, 0.25) is 0 Å². The number of hydrogen-bond donors (Lipinski definition) is 0. The molecule has 0 amide bonds. The van der Waals surface area contributed by atoms with Gasteiger partial charge in [0.05, 0.1) is 36.5 Å². The van der Waals surface area contributed by atoms with Gasteiger partial charge in [0.25, 0.3) is 0 Å². The van der Waals surface area contributed by atoms with Crippen LogP contribution in [0.2, 0.25) is 0 Å². The van der Waals surface area contributed by atoms with E-state index in [0.29, 0.717) is 17.1 Å². The van der Waals surface area contributed by atoms with Crippen LogP contribution in [0, 0.1) is 14.9 Å². The average molecular weight is 421 g/mol. The highest BCUT2D eigenvalue weighted by molar-refractivity contribution is 14.1. The van der Waals surface area contributed by atoms with E-state index >= 15 is 0 Å². The summed E-state index contributed by atoms with van der Waals surface area (Å²) >= 11 is 2.18. The predicted octanol–water partition coefficient (Wildman–Crippen LogP) is 4.38. The Balaban J connectivity index is 2.45. The number of halogens is 1. The predicted molar refractivity (Wildman–Crippen MR) is 98.7 cm³/mol. The van der Waals surface area contributed by atoms with E-state index in [2.05, 4.69) is 28.7 Å². The molecule has 0 atom stereocenters. The average Bonchev–Trinajstić information content (AvgIpc) is 2.59. The molecule has 4 nitrogen and oxygen atoms in total. The number of methoxy groups -OCH3 is 3.